The fourth-order valence-electron chi connectivity index (χ4n) is 1.40. The van der Waals surface area contributed by atoms with Gasteiger partial charge in [0.15, 0.2) is 17.6 Å². The minimum Gasteiger partial charge on any atom is -0.493 e. The van der Waals surface area contributed by atoms with E-state index in [2.05, 4.69) is 0 Å². The highest BCUT2D eigenvalue weighted by molar-refractivity contribution is 5.88. The first-order valence-corrected chi connectivity index (χ1v) is 5.74. The van der Waals surface area contributed by atoms with Crippen molar-refractivity contribution >= 4 is 11.9 Å². The first-order valence-electron chi connectivity index (χ1n) is 5.74. The lowest BCUT2D eigenvalue weighted by Crippen LogP contribution is -2.26. The monoisotopic (exact) mass is 268 g/mol. The van der Waals surface area contributed by atoms with Crippen LogP contribution < -0.4 is 9.47 Å². The minimum atomic E-state index is -1.09. The molecular formula is C13H16O6. The van der Waals surface area contributed by atoms with Gasteiger partial charge in [-0.25, -0.2) is 9.59 Å². The average Bonchev–Trinajstić information content (AvgIpc) is 2.38. The van der Waals surface area contributed by atoms with Gasteiger partial charge < -0.3 is 19.3 Å². The number of methoxy groups -OCH3 is 1. The molecule has 1 N–H and O–H groups in total. The maximum atomic E-state index is 11.5. The van der Waals surface area contributed by atoms with Gasteiger partial charge in [0.2, 0.25) is 0 Å². The van der Waals surface area contributed by atoms with Crippen LogP contribution in [0.4, 0.5) is 0 Å². The summed E-state index contributed by atoms with van der Waals surface area (Å²) in [6.45, 7) is 3.46. The van der Waals surface area contributed by atoms with Crippen LogP contribution in [-0.4, -0.2) is 36.9 Å². The predicted molar refractivity (Wildman–Crippen MR) is 66.7 cm³/mol. The molecule has 0 spiro atoms. The molecule has 1 rings (SSSR count). The van der Waals surface area contributed by atoms with Crippen LogP contribution in [-0.2, 0) is 9.53 Å². The van der Waals surface area contributed by atoms with Gasteiger partial charge in [0, 0.05) is 0 Å². The first kappa shape index (κ1) is 14.8. The molecule has 0 aromatic heterocycles. The van der Waals surface area contributed by atoms with Crippen molar-refractivity contribution in [3.05, 3.63) is 23.8 Å². The summed E-state index contributed by atoms with van der Waals surface area (Å²) in [6, 6.07) is 4.16. The molecule has 0 saturated carbocycles. The Kier molecular flexibility index (Phi) is 5.17. The van der Waals surface area contributed by atoms with Gasteiger partial charge in [-0.15, -0.1) is 0 Å². The second kappa shape index (κ2) is 6.63. The molecule has 0 fully saturated rings. The van der Waals surface area contributed by atoms with Gasteiger partial charge >= 0.3 is 11.9 Å². The highest BCUT2D eigenvalue weighted by Crippen LogP contribution is 2.29. The van der Waals surface area contributed by atoms with Crippen molar-refractivity contribution < 1.29 is 28.9 Å². The molecule has 1 aromatic carbocycles. The quantitative estimate of drug-likeness (QED) is 0.791. The Morgan fingerprint density at radius 3 is 2.53 bits per heavy atom. The van der Waals surface area contributed by atoms with Gasteiger partial charge in [-0.05, 0) is 32.0 Å². The maximum absolute atomic E-state index is 11.5. The Morgan fingerprint density at radius 1 is 1.32 bits per heavy atom. The summed E-state index contributed by atoms with van der Waals surface area (Å²) in [5, 5.41) is 8.91. The number of benzene rings is 1. The molecule has 0 radical (unpaired) electrons. The first-order chi connectivity index (χ1) is 8.99. The van der Waals surface area contributed by atoms with E-state index >= 15 is 0 Å². The van der Waals surface area contributed by atoms with Crippen molar-refractivity contribution in [3.8, 4) is 11.5 Å². The number of aromatic carboxylic acids is 1. The van der Waals surface area contributed by atoms with Crippen LogP contribution in [0.3, 0.4) is 0 Å². The zero-order chi connectivity index (χ0) is 14.4. The van der Waals surface area contributed by atoms with E-state index in [0.29, 0.717) is 5.75 Å². The summed E-state index contributed by atoms with van der Waals surface area (Å²) in [5.41, 5.74) is 0.0480. The minimum absolute atomic E-state index is 0.0480. The molecule has 1 aromatic rings. The Hall–Kier alpha value is -2.24. The fraction of sp³-hybridized carbons (Fsp3) is 0.385. The lowest BCUT2D eigenvalue weighted by molar-refractivity contribution is -0.150. The molecule has 6 heteroatoms. The van der Waals surface area contributed by atoms with Crippen molar-refractivity contribution in [2.75, 3.05) is 13.7 Å². The largest absolute Gasteiger partial charge is 0.493 e. The molecule has 104 valence electrons. The molecule has 1 unspecified atom stereocenters. The van der Waals surface area contributed by atoms with Crippen LogP contribution in [0.5, 0.6) is 11.5 Å². The molecule has 1 atom stereocenters. The molecule has 0 heterocycles. The highest BCUT2D eigenvalue weighted by atomic mass is 16.6. The van der Waals surface area contributed by atoms with E-state index in [4.69, 9.17) is 19.3 Å². The van der Waals surface area contributed by atoms with Crippen LogP contribution in [0.15, 0.2) is 18.2 Å². The number of ether oxygens (including phenoxy) is 3. The van der Waals surface area contributed by atoms with E-state index in [1.54, 1.807) is 6.92 Å². The zero-order valence-electron chi connectivity index (χ0n) is 11.0. The van der Waals surface area contributed by atoms with Crippen molar-refractivity contribution in [2.45, 2.75) is 20.0 Å². The van der Waals surface area contributed by atoms with Crippen LogP contribution in [0.1, 0.15) is 24.2 Å². The van der Waals surface area contributed by atoms with E-state index in [1.807, 2.05) is 0 Å². The van der Waals surface area contributed by atoms with E-state index in [9.17, 15) is 9.59 Å². The number of esters is 1. The van der Waals surface area contributed by atoms with Gasteiger partial charge in [0.25, 0.3) is 0 Å². The predicted octanol–water partition coefficient (Wildman–Crippen LogP) is 1.72. The number of carbonyl (C=O) groups excluding carboxylic acids is 1. The highest BCUT2D eigenvalue weighted by Gasteiger charge is 2.19. The standard InChI is InChI=1S/C13H16O6/c1-4-18-13(16)8(2)19-11-7-9(12(14)15)5-6-10(11)17-3/h5-8H,4H2,1-3H3,(H,14,15). The number of rotatable bonds is 6. The van der Waals surface area contributed by atoms with E-state index in [0.717, 1.165) is 0 Å². The molecule has 0 aliphatic heterocycles. The molecule has 0 aliphatic rings. The number of carboxylic acids is 1. The van der Waals surface area contributed by atoms with Crippen molar-refractivity contribution in [1.82, 2.24) is 0 Å². The average molecular weight is 268 g/mol. The van der Waals surface area contributed by atoms with Gasteiger partial charge in [-0.1, -0.05) is 0 Å². The third kappa shape index (κ3) is 3.87. The molecule has 0 bridgehead atoms. The van der Waals surface area contributed by atoms with Gasteiger partial charge in [0.1, 0.15) is 0 Å². The van der Waals surface area contributed by atoms with Crippen molar-refractivity contribution in [1.29, 1.82) is 0 Å². The lowest BCUT2D eigenvalue weighted by atomic mass is 10.2. The van der Waals surface area contributed by atoms with E-state index in [1.165, 1.54) is 32.2 Å². The second-order valence-corrected chi connectivity index (χ2v) is 3.68. The Labute approximate surface area is 110 Å². The topological polar surface area (TPSA) is 82.1 Å². The summed E-state index contributed by atoms with van der Waals surface area (Å²) < 4.78 is 15.2. The lowest BCUT2D eigenvalue weighted by Gasteiger charge is -2.16. The molecule has 6 nitrogen and oxygen atoms in total. The van der Waals surface area contributed by atoms with Gasteiger partial charge in [-0.3, -0.25) is 0 Å². The molecule has 0 amide bonds. The third-order valence-corrected chi connectivity index (χ3v) is 2.33. The fourth-order valence-corrected chi connectivity index (χ4v) is 1.40. The van der Waals surface area contributed by atoms with E-state index in [-0.39, 0.29) is 17.9 Å². The number of hydrogen-bond acceptors (Lipinski definition) is 5. The van der Waals surface area contributed by atoms with Crippen LogP contribution in [0.25, 0.3) is 0 Å². The zero-order valence-corrected chi connectivity index (χ0v) is 11.0. The molecular weight excluding hydrogens is 252 g/mol. The normalized spacial score (nSPS) is 11.5. The molecule has 0 saturated heterocycles. The van der Waals surface area contributed by atoms with Crippen LogP contribution in [0, 0.1) is 0 Å². The number of hydrogen-bond donors (Lipinski definition) is 1. The summed E-state index contributed by atoms with van der Waals surface area (Å²) in [5.74, 6) is -1.08. The van der Waals surface area contributed by atoms with E-state index < -0.39 is 18.0 Å². The van der Waals surface area contributed by atoms with Crippen LogP contribution >= 0.6 is 0 Å². The van der Waals surface area contributed by atoms with Crippen molar-refractivity contribution in [2.24, 2.45) is 0 Å². The smallest absolute Gasteiger partial charge is 0.347 e. The summed E-state index contributed by atoms with van der Waals surface area (Å²) in [4.78, 5) is 22.3. The summed E-state index contributed by atoms with van der Waals surface area (Å²) >= 11 is 0. The Balaban J connectivity index is 2.94. The molecule has 19 heavy (non-hydrogen) atoms. The number of carbonyl (C=O) groups is 2. The Morgan fingerprint density at radius 2 is 2.00 bits per heavy atom. The van der Waals surface area contributed by atoms with Gasteiger partial charge in [-0.2, -0.15) is 0 Å². The second-order valence-electron chi connectivity index (χ2n) is 3.68. The third-order valence-electron chi connectivity index (χ3n) is 2.33. The molecule has 0 aliphatic carbocycles. The number of carboxylic acid groups (broad SMARTS) is 1. The Bertz CT molecular complexity index is 468. The maximum Gasteiger partial charge on any atom is 0.347 e. The van der Waals surface area contributed by atoms with Crippen LogP contribution in [0.2, 0.25) is 0 Å². The van der Waals surface area contributed by atoms with Crippen molar-refractivity contribution in [3.63, 3.8) is 0 Å². The SMILES string of the molecule is CCOC(=O)C(C)Oc1cc(C(=O)O)ccc1OC. The van der Waals surface area contributed by atoms with Gasteiger partial charge in [0.05, 0.1) is 19.3 Å². The summed E-state index contributed by atoms with van der Waals surface area (Å²) in [7, 11) is 1.43. The summed E-state index contributed by atoms with van der Waals surface area (Å²) in [6.07, 6.45) is -0.849.